The van der Waals surface area contributed by atoms with Gasteiger partial charge in [0.15, 0.2) is 5.65 Å². The van der Waals surface area contributed by atoms with E-state index in [0.29, 0.717) is 11.2 Å². The second kappa shape index (κ2) is 3.38. The van der Waals surface area contributed by atoms with Gasteiger partial charge in [0.05, 0.1) is 11.6 Å². The number of hydrogen-bond acceptors (Lipinski definition) is 5. The number of benzene rings is 1. The minimum atomic E-state index is -0.412. The highest BCUT2D eigenvalue weighted by Crippen LogP contribution is 2.14. The summed E-state index contributed by atoms with van der Waals surface area (Å²) in [7, 11) is 0. The van der Waals surface area contributed by atoms with Crippen LogP contribution in [0.4, 0.5) is 0 Å². The molecule has 0 N–H and O–H groups in total. The predicted octanol–water partition coefficient (Wildman–Crippen LogP) is -0.0372. The lowest BCUT2D eigenvalue weighted by Gasteiger charge is -2.06. The lowest BCUT2D eigenvalue weighted by atomic mass is 10.2. The molecule has 0 atom stereocenters. The first-order valence-corrected chi connectivity index (χ1v) is 4.89. The average molecular weight is 226 g/mol. The van der Waals surface area contributed by atoms with Crippen molar-refractivity contribution in [1.82, 2.24) is 24.6 Å². The lowest BCUT2D eigenvalue weighted by Crippen LogP contribution is -2.27. The third-order valence-corrected chi connectivity index (χ3v) is 2.55. The molecule has 0 amide bonds. The Morgan fingerprint density at radius 1 is 1.35 bits per heavy atom. The highest BCUT2D eigenvalue weighted by Gasteiger charge is 2.11. The van der Waals surface area contributed by atoms with E-state index in [4.69, 9.17) is 5.26 Å². The molecular formula is C10H6N6O. The zero-order valence-electron chi connectivity index (χ0n) is 8.61. The van der Waals surface area contributed by atoms with E-state index >= 15 is 0 Å². The molecule has 2 aromatic heterocycles. The summed E-state index contributed by atoms with van der Waals surface area (Å²) in [4.78, 5) is 12.0. The number of fused-ring (bicyclic) bond motifs is 3. The van der Waals surface area contributed by atoms with Crippen LogP contribution in [0, 0.1) is 11.3 Å². The van der Waals surface area contributed by atoms with Gasteiger partial charge >= 0.3 is 5.69 Å². The fraction of sp³-hybridized carbons (Fsp3) is 0.100. The predicted molar refractivity (Wildman–Crippen MR) is 58.2 cm³/mol. The lowest BCUT2D eigenvalue weighted by molar-refractivity contribution is 0.706. The fourth-order valence-electron chi connectivity index (χ4n) is 1.82. The molecule has 0 bridgehead atoms. The van der Waals surface area contributed by atoms with Crippen LogP contribution in [0.25, 0.3) is 16.6 Å². The molecule has 17 heavy (non-hydrogen) atoms. The van der Waals surface area contributed by atoms with Crippen molar-refractivity contribution >= 4 is 16.6 Å². The molecule has 0 aliphatic rings. The molecule has 2 heterocycles. The van der Waals surface area contributed by atoms with Crippen molar-refractivity contribution in [2.75, 3.05) is 0 Å². The van der Waals surface area contributed by atoms with Crippen LogP contribution in [0.5, 0.6) is 0 Å². The summed E-state index contributed by atoms with van der Waals surface area (Å²) in [6.07, 6.45) is 0. The van der Waals surface area contributed by atoms with Crippen molar-refractivity contribution in [3.63, 3.8) is 0 Å². The van der Waals surface area contributed by atoms with Crippen molar-refractivity contribution in [3.05, 3.63) is 34.7 Å². The van der Waals surface area contributed by atoms with Crippen LogP contribution < -0.4 is 5.69 Å². The first-order chi connectivity index (χ1) is 8.33. The van der Waals surface area contributed by atoms with Crippen LogP contribution in [0.1, 0.15) is 0 Å². The molecule has 0 aliphatic heterocycles. The van der Waals surface area contributed by atoms with Crippen molar-refractivity contribution in [2.24, 2.45) is 0 Å². The fourth-order valence-corrected chi connectivity index (χ4v) is 1.82. The quantitative estimate of drug-likeness (QED) is 0.581. The summed E-state index contributed by atoms with van der Waals surface area (Å²) in [5, 5.41) is 20.4. The van der Waals surface area contributed by atoms with E-state index in [1.54, 1.807) is 12.1 Å². The Hall–Kier alpha value is -2.75. The summed E-state index contributed by atoms with van der Waals surface area (Å²) in [6.45, 7) is -0.0326. The highest BCUT2D eigenvalue weighted by molar-refractivity contribution is 5.90. The molecule has 7 nitrogen and oxygen atoms in total. The van der Waals surface area contributed by atoms with Crippen molar-refractivity contribution < 1.29 is 0 Å². The van der Waals surface area contributed by atoms with Crippen molar-refractivity contribution in [3.8, 4) is 6.07 Å². The van der Waals surface area contributed by atoms with Gasteiger partial charge in [-0.1, -0.05) is 12.1 Å². The number of nitrogens with zero attached hydrogens (tertiary/aromatic N) is 6. The number of aromatic nitrogens is 5. The number of nitriles is 1. The molecule has 82 valence electrons. The molecule has 0 spiro atoms. The first-order valence-electron chi connectivity index (χ1n) is 4.89. The topological polar surface area (TPSA) is 88.9 Å². The van der Waals surface area contributed by atoms with Crippen molar-refractivity contribution in [1.29, 1.82) is 5.26 Å². The molecule has 0 saturated heterocycles. The van der Waals surface area contributed by atoms with E-state index in [-0.39, 0.29) is 6.54 Å². The summed E-state index contributed by atoms with van der Waals surface area (Å²) in [5.41, 5.74) is 0.645. The van der Waals surface area contributed by atoms with E-state index in [0.717, 1.165) is 9.90 Å². The Bertz CT molecular complexity index is 809. The molecule has 0 aliphatic carbocycles. The van der Waals surface area contributed by atoms with Gasteiger partial charge in [0.25, 0.3) is 0 Å². The second-order valence-electron chi connectivity index (χ2n) is 3.46. The maximum absolute atomic E-state index is 12.0. The van der Waals surface area contributed by atoms with E-state index in [2.05, 4.69) is 15.5 Å². The van der Waals surface area contributed by atoms with Gasteiger partial charge < -0.3 is 0 Å². The van der Waals surface area contributed by atoms with Crippen LogP contribution in [0.2, 0.25) is 0 Å². The minimum Gasteiger partial charge on any atom is -0.278 e. The first kappa shape index (κ1) is 9.47. The van der Waals surface area contributed by atoms with Crippen LogP contribution in [0.3, 0.4) is 0 Å². The van der Waals surface area contributed by atoms with Crippen LogP contribution in [-0.4, -0.2) is 24.6 Å². The van der Waals surface area contributed by atoms with Gasteiger partial charge in [0, 0.05) is 5.39 Å². The Morgan fingerprint density at radius 3 is 3.00 bits per heavy atom. The molecular weight excluding hydrogens is 220 g/mol. The van der Waals surface area contributed by atoms with Crippen LogP contribution in [0.15, 0.2) is 29.1 Å². The van der Waals surface area contributed by atoms with Gasteiger partial charge in [-0.3, -0.25) is 4.57 Å². The number of para-hydroxylation sites is 1. The monoisotopic (exact) mass is 226 g/mol. The normalized spacial score (nSPS) is 10.8. The molecule has 0 saturated carbocycles. The van der Waals surface area contributed by atoms with Gasteiger partial charge in [0.1, 0.15) is 6.54 Å². The number of tetrazole rings is 1. The highest BCUT2D eigenvalue weighted by atomic mass is 16.2. The summed E-state index contributed by atoms with van der Waals surface area (Å²) < 4.78 is 2.44. The van der Waals surface area contributed by atoms with E-state index in [1.165, 1.54) is 4.57 Å². The average Bonchev–Trinajstić information content (AvgIpc) is 2.84. The Labute approximate surface area is 94.5 Å². The number of hydrogen-bond donors (Lipinski definition) is 0. The SMILES string of the molecule is N#CCn1c(=O)n2nnnc2c2ccccc21. The third-order valence-electron chi connectivity index (χ3n) is 2.55. The van der Waals surface area contributed by atoms with Gasteiger partial charge in [-0.15, -0.1) is 9.61 Å². The maximum atomic E-state index is 12.0. The summed E-state index contributed by atoms with van der Waals surface area (Å²) in [5.74, 6) is 0. The molecule has 7 heteroatoms. The minimum absolute atomic E-state index is 0.0326. The van der Waals surface area contributed by atoms with E-state index in [9.17, 15) is 4.79 Å². The summed E-state index contributed by atoms with van der Waals surface area (Å²) >= 11 is 0. The van der Waals surface area contributed by atoms with E-state index < -0.39 is 5.69 Å². The van der Waals surface area contributed by atoms with Crippen molar-refractivity contribution in [2.45, 2.75) is 6.54 Å². The zero-order chi connectivity index (χ0) is 11.8. The Morgan fingerprint density at radius 2 is 2.18 bits per heavy atom. The van der Waals surface area contributed by atoms with Gasteiger partial charge in [0.2, 0.25) is 0 Å². The number of rotatable bonds is 1. The van der Waals surface area contributed by atoms with E-state index in [1.807, 2.05) is 18.2 Å². The smallest absolute Gasteiger partial charge is 0.278 e. The Kier molecular flexibility index (Phi) is 1.88. The standard InChI is InChI=1S/C10H6N6O/c11-5-6-15-8-4-2-1-3-7(8)9-12-13-14-16(9)10(15)17/h1-4H,6H2. The van der Waals surface area contributed by atoms with Gasteiger partial charge in [-0.25, -0.2) is 4.79 Å². The molecule has 3 aromatic rings. The molecule has 0 unspecified atom stereocenters. The maximum Gasteiger partial charge on any atom is 0.353 e. The molecule has 3 rings (SSSR count). The summed E-state index contributed by atoms with van der Waals surface area (Å²) in [6, 6.07) is 9.17. The van der Waals surface area contributed by atoms with Crippen LogP contribution >= 0.6 is 0 Å². The second-order valence-corrected chi connectivity index (χ2v) is 3.46. The van der Waals surface area contributed by atoms with Gasteiger partial charge in [-0.2, -0.15) is 5.26 Å². The molecule has 0 radical (unpaired) electrons. The Balaban J connectivity index is 2.63. The third kappa shape index (κ3) is 1.21. The largest absolute Gasteiger partial charge is 0.353 e. The molecule has 0 fully saturated rings. The van der Waals surface area contributed by atoms with Gasteiger partial charge in [-0.05, 0) is 22.6 Å². The zero-order valence-corrected chi connectivity index (χ0v) is 8.61. The molecule has 1 aromatic carbocycles. The van der Waals surface area contributed by atoms with Crippen LogP contribution in [-0.2, 0) is 6.54 Å².